The Bertz CT molecular complexity index is 822. The minimum Gasteiger partial charge on any atom is -0.450 e. The molecule has 1 amide bonds. The molecule has 1 aliphatic rings. The summed E-state index contributed by atoms with van der Waals surface area (Å²) in [6.07, 6.45) is -0.516. The van der Waals surface area contributed by atoms with E-state index >= 15 is 0 Å². The largest absolute Gasteiger partial charge is 0.450 e. The van der Waals surface area contributed by atoms with E-state index in [9.17, 15) is 22.8 Å². The molecule has 1 heterocycles. The standard InChI is InChI=1S/C19H18F3NO4/c20-19(21,22)13-5-3-4-12(10-13)15-8-9-16(27-15)18(25)26-11-17(24)23-14-6-1-2-7-14/h3-5,8-10,14H,1-2,6-7,11H2,(H,23,24). The van der Waals surface area contributed by atoms with Crippen LogP contribution < -0.4 is 5.32 Å². The molecule has 1 aromatic heterocycles. The summed E-state index contributed by atoms with van der Waals surface area (Å²) in [7, 11) is 0. The summed E-state index contributed by atoms with van der Waals surface area (Å²) in [4.78, 5) is 23.7. The normalized spacial score (nSPS) is 14.9. The molecule has 27 heavy (non-hydrogen) atoms. The summed E-state index contributed by atoms with van der Waals surface area (Å²) in [6, 6.07) is 7.38. The summed E-state index contributed by atoms with van der Waals surface area (Å²) in [5.41, 5.74) is -0.632. The molecule has 5 nitrogen and oxygen atoms in total. The van der Waals surface area contributed by atoms with Crippen molar-refractivity contribution in [1.82, 2.24) is 5.32 Å². The van der Waals surface area contributed by atoms with Gasteiger partial charge in [0.05, 0.1) is 5.56 Å². The van der Waals surface area contributed by atoms with E-state index < -0.39 is 24.3 Å². The molecule has 0 unspecified atom stereocenters. The molecule has 1 saturated carbocycles. The Balaban J connectivity index is 1.60. The molecule has 1 fully saturated rings. The number of carbonyl (C=O) groups is 2. The van der Waals surface area contributed by atoms with Gasteiger partial charge in [0.2, 0.25) is 5.76 Å². The number of hydrogen-bond acceptors (Lipinski definition) is 4. The first-order chi connectivity index (χ1) is 12.8. The van der Waals surface area contributed by atoms with Crippen molar-refractivity contribution in [1.29, 1.82) is 0 Å². The van der Waals surface area contributed by atoms with Crippen LogP contribution >= 0.6 is 0 Å². The Morgan fingerprint density at radius 3 is 2.59 bits per heavy atom. The summed E-state index contributed by atoms with van der Waals surface area (Å²) >= 11 is 0. The molecule has 1 aliphatic carbocycles. The minimum absolute atomic E-state index is 0.100. The lowest BCUT2D eigenvalue weighted by molar-refractivity contribution is -0.137. The Kier molecular flexibility index (Phi) is 5.53. The molecule has 8 heteroatoms. The van der Waals surface area contributed by atoms with E-state index in [-0.39, 0.29) is 29.0 Å². The highest BCUT2D eigenvalue weighted by Crippen LogP contribution is 2.32. The van der Waals surface area contributed by atoms with Crippen molar-refractivity contribution in [2.45, 2.75) is 37.9 Å². The second-order valence-electron chi connectivity index (χ2n) is 6.37. The van der Waals surface area contributed by atoms with Gasteiger partial charge in [0, 0.05) is 11.6 Å². The lowest BCUT2D eigenvalue weighted by atomic mass is 10.1. The lowest BCUT2D eigenvalue weighted by Crippen LogP contribution is -2.35. The maximum Gasteiger partial charge on any atom is 0.416 e. The van der Waals surface area contributed by atoms with Crippen LogP contribution in [0.4, 0.5) is 13.2 Å². The third-order valence-electron chi connectivity index (χ3n) is 4.34. The van der Waals surface area contributed by atoms with Gasteiger partial charge in [0.15, 0.2) is 6.61 Å². The monoisotopic (exact) mass is 381 g/mol. The van der Waals surface area contributed by atoms with E-state index in [1.54, 1.807) is 0 Å². The summed E-state index contributed by atoms with van der Waals surface area (Å²) < 4.78 is 48.6. The van der Waals surface area contributed by atoms with Gasteiger partial charge in [-0.25, -0.2) is 4.79 Å². The van der Waals surface area contributed by atoms with Crippen LogP contribution in [-0.2, 0) is 15.7 Å². The number of ether oxygens (including phenoxy) is 1. The van der Waals surface area contributed by atoms with Gasteiger partial charge < -0.3 is 14.5 Å². The van der Waals surface area contributed by atoms with Crippen molar-refractivity contribution in [3.05, 3.63) is 47.7 Å². The maximum absolute atomic E-state index is 12.8. The van der Waals surface area contributed by atoms with E-state index in [1.165, 1.54) is 24.3 Å². The topological polar surface area (TPSA) is 68.5 Å². The van der Waals surface area contributed by atoms with Gasteiger partial charge in [0.25, 0.3) is 5.91 Å². The Morgan fingerprint density at radius 1 is 1.15 bits per heavy atom. The van der Waals surface area contributed by atoms with Crippen LogP contribution in [0.15, 0.2) is 40.8 Å². The fraction of sp³-hybridized carbons (Fsp3) is 0.368. The van der Waals surface area contributed by atoms with Gasteiger partial charge in [-0.05, 0) is 37.1 Å². The Hall–Kier alpha value is -2.77. The minimum atomic E-state index is -4.48. The van der Waals surface area contributed by atoms with E-state index in [4.69, 9.17) is 9.15 Å². The van der Waals surface area contributed by atoms with Gasteiger partial charge >= 0.3 is 12.1 Å². The van der Waals surface area contributed by atoms with Crippen molar-refractivity contribution < 1.29 is 31.9 Å². The predicted molar refractivity (Wildman–Crippen MR) is 89.8 cm³/mol. The number of benzene rings is 1. The summed E-state index contributed by atoms with van der Waals surface area (Å²) in [5.74, 6) is -1.32. The molecule has 0 saturated heterocycles. The third-order valence-corrected chi connectivity index (χ3v) is 4.34. The molecule has 0 radical (unpaired) electrons. The average molecular weight is 381 g/mol. The third kappa shape index (κ3) is 4.90. The molecule has 1 N–H and O–H groups in total. The van der Waals surface area contributed by atoms with Crippen LogP contribution in [0, 0.1) is 0 Å². The van der Waals surface area contributed by atoms with E-state index in [0.29, 0.717) is 0 Å². The highest BCUT2D eigenvalue weighted by atomic mass is 19.4. The molecule has 144 valence electrons. The van der Waals surface area contributed by atoms with Gasteiger partial charge in [-0.2, -0.15) is 13.2 Å². The number of halogens is 3. The Morgan fingerprint density at radius 2 is 1.89 bits per heavy atom. The smallest absolute Gasteiger partial charge is 0.416 e. The van der Waals surface area contributed by atoms with Gasteiger partial charge in [-0.15, -0.1) is 0 Å². The first-order valence-electron chi connectivity index (χ1n) is 8.57. The van der Waals surface area contributed by atoms with Crippen molar-refractivity contribution in [3.63, 3.8) is 0 Å². The number of alkyl halides is 3. The lowest BCUT2D eigenvalue weighted by Gasteiger charge is -2.11. The van der Waals surface area contributed by atoms with Crippen molar-refractivity contribution >= 4 is 11.9 Å². The van der Waals surface area contributed by atoms with E-state index in [1.807, 2.05) is 0 Å². The van der Waals surface area contributed by atoms with Crippen LogP contribution in [0.2, 0.25) is 0 Å². The molecular weight excluding hydrogens is 363 g/mol. The van der Waals surface area contributed by atoms with Crippen LogP contribution in [0.1, 0.15) is 41.8 Å². The van der Waals surface area contributed by atoms with Crippen molar-refractivity contribution in [2.24, 2.45) is 0 Å². The molecular formula is C19H18F3NO4. The molecule has 1 aromatic carbocycles. The highest BCUT2D eigenvalue weighted by Gasteiger charge is 2.30. The second-order valence-corrected chi connectivity index (χ2v) is 6.37. The number of carbonyl (C=O) groups excluding carboxylic acids is 2. The fourth-order valence-corrected chi connectivity index (χ4v) is 2.99. The predicted octanol–water partition coefficient (Wildman–Crippen LogP) is 4.18. The molecule has 3 rings (SSSR count). The number of nitrogens with one attached hydrogen (secondary N) is 1. The van der Waals surface area contributed by atoms with E-state index in [0.717, 1.165) is 37.8 Å². The van der Waals surface area contributed by atoms with Crippen LogP contribution in [0.3, 0.4) is 0 Å². The van der Waals surface area contributed by atoms with Crippen molar-refractivity contribution in [2.75, 3.05) is 6.61 Å². The zero-order valence-electron chi connectivity index (χ0n) is 14.3. The SMILES string of the molecule is O=C(COC(=O)c1ccc(-c2cccc(C(F)(F)F)c2)o1)NC1CCCC1. The number of furan rings is 1. The summed E-state index contributed by atoms with van der Waals surface area (Å²) in [6.45, 7) is -0.436. The quantitative estimate of drug-likeness (QED) is 0.789. The average Bonchev–Trinajstić information content (AvgIpc) is 3.31. The zero-order valence-corrected chi connectivity index (χ0v) is 14.3. The molecule has 0 spiro atoms. The highest BCUT2D eigenvalue weighted by molar-refractivity contribution is 5.89. The second kappa shape index (κ2) is 7.85. The van der Waals surface area contributed by atoms with Gasteiger partial charge in [-0.1, -0.05) is 25.0 Å². The number of esters is 1. The maximum atomic E-state index is 12.8. The molecule has 0 bridgehead atoms. The number of rotatable bonds is 5. The van der Waals surface area contributed by atoms with Crippen LogP contribution in [-0.4, -0.2) is 24.5 Å². The number of hydrogen-bond donors (Lipinski definition) is 1. The van der Waals surface area contributed by atoms with E-state index in [2.05, 4.69) is 5.32 Å². The first-order valence-corrected chi connectivity index (χ1v) is 8.57. The van der Waals surface area contributed by atoms with Crippen molar-refractivity contribution in [3.8, 4) is 11.3 Å². The molecule has 2 aromatic rings. The first kappa shape index (κ1) is 19.0. The van der Waals surface area contributed by atoms with Crippen LogP contribution in [0.5, 0.6) is 0 Å². The number of amides is 1. The molecule has 0 atom stereocenters. The fourth-order valence-electron chi connectivity index (χ4n) is 2.99. The Labute approximate surface area is 153 Å². The zero-order chi connectivity index (χ0) is 19.4. The van der Waals surface area contributed by atoms with Crippen LogP contribution in [0.25, 0.3) is 11.3 Å². The molecule has 0 aliphatic heterocycles. The van der Waals surface area contributed by atoms with Gasteiger partial charge in [0.1, 0.15) is 5.76 Å². The van der Waals surface area contributed by atoms with Gasteiger partial charge in [-0.3, -0.25) is 4.79 Å². The summed E-state index contributed by atoms with van der Waals surface area (Å²) in [5, 5.41) is 2.78.